The first-order valence-electron chi connectivity index (χ1n) is 11.9. The maximum Gasteiger partial charge on any atom is 0.410 e. The molecule has 2 atom stereocenters. The van der Waals surface area contributed by atoms with Crippen molar-refractivity contribution in [3.8, 4) is 5.88 Å². The number of fused-ring (bicyclic) bond motifs is 1. The first kappa shape index (κ1) is 26.3. The predicted molar refractivity (Wildman–Crippen MR) is 133 cm³/mol. The molecule has 0 saturated carbocycles. The monoisotopic (exact) mass is 466 g/mol. The Balaban J connectivity index is 0.00000176. The van der Waals surface area contributed by atoms with Crippen LogP contribution < -0.4 is 4.74 Å². The molecule has 1 aliphatic heterocycles. The number of carbonyl (C=O) groups excluding carboxylic acids is 1. The SMILES string of the molecule is CC.CCS(CC)(CC)c1cc2cnc(O[C@@H]3C[C@H](C)N(C(=O)OC(C)(C)C)C3)cn2n1. The Morgan fingerprint density at radius 3 is 2.38 bits per heavy atom. The number of likely N-dealkylation sites (tertiary alicyclic amines) is 1. The van der Waals surface area contributed by atoms with Gasteiger partial charge < -0.3 is 14.4 Å². The smallest absolute Gasteiger partial charge is 0.410 e. The Bertz CT molecular complexity index is 881. The van der Waals surface area contributed by atoms with Crippen LogP contribution in [0.4, 0.5) is 4.79 Å². The summed E-state index contributed by atoms with van der Waals surface area (Å²) in [5.41, 5.74) is 0.479. The highest BCUT2D eigenvalue weighted by Crippen LogP contribution is 2.54. The van der Waals surface area contributed by atoms with E-state index in [0.29, 0.717) is 12.4 Å². The molecule has 0 spiro atoms. The molecule has 1 aliphatic rings. The van der Waals surface area contributed by atoms with Crippen LogP contribution in [0.3, 0.4) is 0 Å². The maximum absolute atomic E-state index is 12.4. The van der Waals surface area contributed by atoms with Crippen LogP contribution in [0.15, 0.2) is 23.5 Å². The van der Waals surface area contributed by atoms with Gasteiger partial charge in [-0.25, -0.2) is 14.3 Å². The number of rotatable bonds is 6. The van der Waals surface area contributed by atoms with Crippen molar-refractivity contribution in [1.82, 2.24) is 19.5 Å². The highest BCUT2D eigenvalue weighted by atomic mass is 32.3. The summed E-state index contributed by atoms with van der Waals surface area (Å²) < 4.78 is 13.5. The molecule has 8 heteroatoms. The van der Waals surface area contributed by atoms with E-state index in [4.69, 9.17) is 14.6 Å². The van der Waals surface area contributed by atoms with Crippen LogP contribution in [0.1, 0.15) is 68.7 Å². The fourth-order valence-electron chi connectivity index (χ4n) is 3.99. The number of hydrogen-bond donors (Lipinski definition) is 0. The van der Waals surface area contributed by atoms with Crippen LogP contribution >= 0.6 is 10.0 Å². The van der Waals surface area contributed by atoms with Gasteiger partial charge in [-0.15, -0.1) is 0 Å². The quantitative estimate of drug-likeness (QED) is 0.542. The molecule has 2 aromatic heterocycles. The van der Waals surface area contributed by atoms with Gasteiger partial charge in [0.15, 0.2) is 0 Å². The Hall–Kier alpha value is -1.96. The summed E-state index contributed by atoms with van der Waals surface area (Å²) in [5.74, 6) is 3.95. The fraction of sp³-hybridized carbons (Fsp3) is 0.708. The largest absolute Gasteiger partial charge is 0.471 e. The zero-order valence-corrected chi connectivity index (χ0v) is 22.2. The third kappa shape index (κ3) is 5.88. The van der Waals surface area contributed by atoms with Gasteiger partial charge in [-0.05, 0) is 51.0 Å². The van der Waals surface area contributed by atoms with Crippen LogP contribution in [-0.2, 0) is 4.74 Å². The van der Waals surface area contributed by atoms with Crippen molar-refractivity contribution in [2.24, 2.45) is 0 Å². The van der Waals surface area contributed by atoms with Gasteiger partial charge in [-0.2, -0.15) is 15.1 Å². The number of carbonyl (C=O) groups is 1. The second-order valence-corrected chi connectivity index (χ2v) is 13.2. The average Bonchev–Trinajstić information content (AvgIpc) is 3.33. The van der Waals surface area contributed by atoms with Crippen molar-refractivity contribution >= 4 is 21.6 Å². The number of hydrogen-bond acceptors (Lipinski definition) is 5. The topological polar surface area (TPSA) is 69.0 Å². The lowest BCUT2D eigenvalue weighted by Gasteiger charge is -2.34. The molecule has 0 radical (unpaired) electrons. The molecular weight excluding hydrogens is 424 g/mol. The molecule has 0 aliphatic carbocycles. The van der Waals surface area contributed by atoms with Gasteiger partial charge in [-0.1, -0.05) is 34.6 Å². The molecule has 1 fully saturated rings. The first-order chi connectivity index (χ1) is 15.1. The number of ether oxygens (including phenoxy) is 2. The van der Waals surface area contributed by atoms with Gasteiger partial charge in [0.25, 0.3) is 0 Å². The summed E-state index contributed by atoms with van der Waals surface area (Å²) in [6.45, 7) is 18.9. The van der Waals surface area contributed by atoms with Crippen molar-refractivity contribution in [2.45, 2.75) is 91.5 Å². The molecule has 0 unspecified atom stereocenters. The lowest BCUT2D eigenvalue weighted by Crippen LogP contribution is -2.39. The minimum atomic E-state index is -0.884. The summed E-state index contributed by atoms with van der Waals surface area (Å²) >= 11 is 0. The lowest BCUT2D eigenvalue weighted by molar-refractivity contribution is 0.0223. The number of nitrogens with zero attached hydrogens (tertiary/aromatic N) is 4. The maximum atomic E-state index is 12.4. The standard InChI is InChI=1S/C22H36N4O3S.C2H6/c1-8-30(9-2,10-3)20-12-17-13-23-19(15-26(17)24-20)28-18-11-16(4)25(14-18)21(27)29-22(5,6)7;1-2/h12-13,15-16,18H,8-11,14H2,1-7H3;1-2H3/t16-,18+;/m0./s1. The lowest BCUT2D eigenvalue weighted by atomic mass is 10.2. The van der Waals surface area contributed by atoms with Crippen LogP contribution in [0.2, 0.25) is 0 Å². The van der Waals surface area contributed by atoms with E-state index < -0.39 is 15.6 Å². The van der Waals surface area contributed by atoms with E-state index in [1.54, 1.807) is 4.90 Å². The van der Waals surface area contributed by atoms with Crippen LogP contribution in [0.25, 0.3) is 5.52 Å². The third-order valence-electron chi connectivity index (χ3n) is 5.85. The van der Waals surface area contributed by atoms with Crippen LogP contribution in [0, 0.1) is 0 Å². The van der Waals surface area contributed by atoms with E-state index in [1.165, 1.54) is 5.03 Å². The number of aromatic nitrogens is 3. The van der Waals surface area contributed by atoms with Gasteiger partial charge in [-0.3, -0.25) is 0 Å². The molecule has 1 saturated heterocycles. The van der Waals surface area contributed by atoms with Crippen molar-refractivity contribution in [2.75, 3.05) is 23.8 Å². The second-order valence-electron chi connectivity index (χ2n) is 8.95. The summed E-state index contributed by atoms with van der Waals surface area (Å²) in [6, 6.07) is 2.23. The molecule has 32 heavy (non-hydrogen) atoms. The summed E-state index contributed by atoms with van der Waals surface area (Å²) in [7, 11) is -0.884. The van der Waals surface area contributed by atoms with Crippen molar-refractivity contribution in [3.63, 3.8) is 0 Å². The highest BCUT2D eigenvalue weighted by molar-refractivity contribution is 8.33. The predicted octanol–water partition coefficient (Wildman–Crippen LogP) is 5.76. The van der Waals surface area contributed by atoms with Crippen molar-refractivity contribution in [3.05, 3.63) is 18.5 Å². The van der Waals surface area contributed by atoms with Crippen LogP contribution in [-0.4, -0.2) is 67.1 Å². The Labute approximate surface area is 195 Å². The van der Waals surface area contributed by atoms with Gasteiger partial charge in [0.1, 0.15) is 16.7 Å². The van der Waals surface area contributed by atoms with Gasteiger partial charge in [0, 0.05) is 12.5 Å². The molecular formula is C24H42N4O3S. The zero-order valence-electron chi connectivity index (χ0n) is 21.3. The van der Waals surface area contributed by atoms with Crippen molar-refractivity contribution in [1.29, 1.82) is 0 Å². The molecule has 0 bridgehead atoms. The normalized spacial score (nSPS) is 19.5. The molecule has 3 heterocycles. The van der Waals surface area contributed by atoms with Crippen molar-refractivity contribution < 1.29 is 14.3 Å². The summed E-state index contributed by atoms with van der Waals surface area (Å²) in [5, 5.41) is 6.07. The van der Waals surface area contributed by atoms with Gasteiger partial charge >= 0.3 is 6.09 Å². The van der Waals surface area contributed by atoms with Gasteiger partial charge in [0.2, 0.25) is 5.88 Å². The molecule has 0 aromatic carbocycles. The zero-order chi connectivity index (χ0) is 24.1. The minimum Gasteiger partial charge on any atom is -0.471 e. The molecule has 7 nitrogen and oxygen atoms in total. The molecule has 3 rings (SSSR count). The Morgan fingerprint density at radius 1 is 1.19 bits per heavy atom. The van der Waals surface area contributed by atoms with E-state index in [-0.39, 0.29) is 18.2 Å². The Kier molecular flexibility index (Phi) is 8.85. The molecule has 2 aromatic rings. The first-order valence-corrected chi connectivity index (χ1v) is 14.0. The van der Waals surface area contributed by atoms with E-state index in [0.717, 1.165) is 29.2 Å². The molecule has 0 N–H and O–H groups in total. The summed E-state index contributed by atoms with van der Waals surface area (Å²) in [4.78, 5) is 18.7. The minimum absolute atomic E-state index is 0.0627. The van der Waals surface area contributed by atoms with E-state index in [2.05, 4.69) is 31.8 Å². The summed E-state index contributed by atoms with van der Waals surface area (Å²) in [6.07, 6.45) is 4.02. The average molecular weight is 467 g/mol. The van der Waals surface area contributed by atoms with E-state index in [1.807, 2.05) is 58.5 Å². The number of amides is 1. The molecule has 1 amide bonds. The fourth-order valence-corrected chi connectivity index (χ4v) is 6.74. The third-order valence-corrected chi connectivity index (χ3v) is 10.3. The van der Waals surface area contributed by atoms with E-state index >= 15 is 0 Å². The molecule has 182 valence electrons. The van der Waals surface area contributed by atoms with E-state index in [9.17, 15) is 4.79 Å². The Morgan fingerprint density at radius 2 is 1.81 bits per heavy atom. The second kappa shape index (κ2) is 10.8. The van der Waals surface area contributed by atoms with Gasteiger partial charge in [0.05, 0.1) is 24.5 Å². The highest BCUT2D eigenvalue weighted by Gasteiger charge is 2.36. The van der Waals surface area contributed by atoms with Crippen LogP contribution in [0.5, 0.6) is 5.88 Å².